The van der Waals surface area contributed by atoms with Crippen LogP contribution in [0.2, 0.25) is 0 Å². The number of rotatable bonds is 0. The van der Waals surface area contributed by atoms with Gasteiger partial charge in [-0.05, 0) is 18.9 Å². The second kappa shape index (κ2) is 2.92. The second-order valence-electron chi connectivity index (χ2n) is 4.24. The summed E-state index contributed by atoms with van der Waals surface area (Å²) in [5, 5.41) is 3.40. The lowest BCUT2D eigenvalue weighted by Crippen LogP contribution is -2.44. The summed E-state index contributed by atoms with van der Waals surface area (Å²) in [7, 11) is 0. The van der Waals surface area contributed by atoms with Crippen molar-refractivity contribution in [2.24, 2.45) is 5.92 Å². The van der Waals surface area contributed by atoms with Crippen molar-refractivity contribution < 1.29 is 0 Å². The van der Waals surface area contributed by atoms with E-state index >= 15 is 0 Å². The van der Waals surface area contributed by atoms with Gasteiger partial charge < -0.3 is 9.88 Å². The Morgan fingerprint density at radius 3 is 3.29 bits per heavy atom. The van der Waals surface area contributed by atoms with E-state index in [2.05, 4.69) is 10.3 Å². The Bertz CT molecular complexity index is 412. The van der Waals surface area contributed by atoms with E-state index in [0.29, 0.717) is 11.8 Å². The van der Waals surface area contributed by atoms with Crippen LogP contribution in [0.5, 0.6) is 0 Å². The number of hydrogen-bond acceptors (Lipinski definition) is 3. The summed E-state index contributed by atoms with van der Waals surface area (Å²) in [6.07, 6.45) is 4.46. The van der Waals surface area contributed by atoms with Crippen LogP contribution in [0.15, 0.2) is 17.2 Å². The van der Waals surface area contributed by atoms with Gasteiger partial charge in [-0.1, -0.05) is 0 Å². The Balaban J connectivity index is 2.15. The molecule has 3 heterocycles. The summed E-state index contributed by atoms with van der Waals surface area (Å²) in [4.78, 5) is 15.6. The first-order valence-corrected chi connectivity index (χ1v) is 5.10. The van der Waals surface area contributed by atoms with E-state index in [9.17, 15) is 4.79 Å². The van der Waals surface area contributed by atoms with Crippen LogP contribution in [0.25, 0.3) is 0 Å². The summed E-state index contributed by atoms with van der Waals surface area (Å²) >= 11 is 0. The molecule has 0 spiro atoms. The highest BCUT2D eigenvalue weighted by Gasteiger charge is 2.30. The van der Waals surface area contributed by atoms with E-state index < -0.39 is 0 Å². The predicted molar refractivity (Wildman–Crippen MR) is 52.2 cm³/mol. The third-order valence-electron chi connectivity index (χ3n) is 3.27. The normalized spacial score (nSPS) is 29.7. The van der Waals surface area contributed by atoms with Crippen LogP contribution in [0.1, 0.15) is 18.0 Å². The molecule has 1 aromatic rings. The van der Waals surface area contributed by atoms with E-state index in [1.165, 1.54) is 12.6 Å². The molecule has 0 saturated carbocycles. The van der Waals surface area contributed by atoms with Crippen LogP contribution < -0.4 is 10.9 Å². The Morgan fingerprint density at radius 1 is 1.43 bits per heavy atom. The summed E-state index contributed by atoms with van der Waals surface area (Å²) in [5.41, 5.74) is 1.17. The molecule has 2 atom stereocenters. The molecule has 0 amide bonds. The summed E-state index contributed by atoms with van der Waals surface area (Å²) in [6, 6.07) is 0. The summed E-state index contributed by atoms with van der Waals surface area (Å²) < 4.78 is 1.90. The van der Waals surface area contributed by atoms with E-state index in [0.717, 1.165) is 25.3 Å². The molecule has 0 radical (unpaired) electrons. The third kappa shape index (κ3) is 1.10. The van der Waals surface area contributed by atoms with Crippen molar-refractivity contribution in [2.75, 3.05) is 13.1 Å². The molecule has 1 saturated heterocycles. The van der Waals surface area contributed by atoms with Crippen molar-refractivity contribution in [3.63, 3.8) is 0 Å². The second-order valence-corrected chi connectivity index (χ2v) is 4.24. The monoisotopic (exact) mass is 191 g/mol. The lowest BCUT2D eigenvalue weighted by molar-refractivity contribution is 0.256. The Morgan fingerprint density at radius 2 is 2.36 bits per heavy atom. The fraction of sp³-hybridized carbons (Fsp3) is 0.600. The van der Waals surface area contributed by atoms with Crippen LogP contribution in [-0.2, 0) is 6.54 Å². The van der Waals surface area contributed by atoms with Crippen molar-refractivity contribution in [1.29, 1.82) is 0 Å². The molecule has 0 aromatic carbocycles. The SMILES string of the molecule is O=c1cncc2n1C[C@@H]1CNC[C@H]2C1. The highest BCUT2D eigenvalue weighted by atomic mass is 16.1. The maximum atomic E-state index is 11.6. The molecule has 4 heteroatoms. The van der Waals surface area contributed by atoms with Crippen molar-refractivity contribution in [3.8, 4) is 0 Å². The molecule has 1 fully saturated rings. The molecular formula is C10H13N3O. The zero-order valence-electron chi connectivity index (χ0n) is 7.94. The highest BCUT2D eigenvalue weighted by Crippen LogP contribution is 2.30. The molecule has 14 heavy (non-hydrogen) atoms. The Kier molecular flexibility index (Phi) is 1.70. The first-order valence-electron chi connectivity index (χ1n) is 5.10. The van der Waals surface area contributed by atoms with E-state index in [1.54, 1.807) is 0 Å². The molecule has 1 N–H and O–H groups in total. The molecule has 2 aliphatic rings. The zero-order chi connectivity index (χ0) is 9.54. The van der Waals surface area contributed by atoms with Gasteiger partial charge in [-0.3, -0.25) is 9.78 Å². The lowest BCUT2D eigenvalue weighted by Gasteiger charge is -2.36. The maximum absolute atomic E-state index is 11.6. The number of aromatic nitrogens is 2. The number of fused-ring (bicyclic) bond motifs is 4. The van der Waals surface area contributed by atoms with Gasteiger partial charge in [0.1, 0.15) is 0 Å². The fourth-order valence-electron chi connectivity index (χ4n) is 2.62. The van der Waals surface area contributed by atoms with Crippen molar-refractivity contribution in [3.05, 3.63) is 28.4 Å². The molecule has 3 rings (SSSR count). The topological polar surface area (TPSA) is 46.9 Å². The molecule has 0 aliphatic carbocycles. The van der Waals surface area contributed by atoms with Gasteiger partial charge >= 0.3 is 0 Å². The first-order chi connectivity index (χ1) is 6.84. The highest BCUT2D eigenvalue weighted by molar-refractivity contribution is 5.12. The minimum Gasteiger partial charge on any atom is -0.316 e. The first kappa shape index (κ1) is 8.17. The van der Waals surface area contributed by atoms with E-state index in [-0.39, 0.29) is 5.56 Å². The molecule has 4 nitrogen and oxygen atoms in total. The predicted octanol–water partition coefficient (Wildman–Crippen LogP) is -0.0500. The quantitative estimate of drug-likeness (QED) is 0.625. The van der Waals surface area contributed by atoms with Crippen LogP contribution in [0.3, 0.4) is 0 Å². The minimum absolute atomic E-state index is 0.0547. The molecule has 0 unspecified atom stereocenters. The van der Waals surface area contributed by atoms with Gasteiger partial charge in [0.2, 0.25) is 0 Å². The van der Waals surface area contributed by atoms with Gasteiger partial charge in [0.05, 0.1) is 6.20 Å². The van der Waals surface area contributed by atoms with E-state index in [1.807, 2.05) is 10.8 Å². The van der Waals surface area contributed by atoms with Gasteiger partial charge in [0, 0.05) is 30.9 Å². The third-order valence-corrected chi connectivity index (χ3v) is 3.27. The van der Waals surface area contributed by atoms with Gasteiger partial charge in [0.25, 0.3) is 5.56 Å². The molecule has 74 valence electrons. The van der Waals surface area contributed by atoms with Gasteiger partial charge in [-0.2, -0.15) is 0 Å². The maximum Gasteiger partial charge on any atom is 0.269 e. The van der Waals surface area contributed by atoms with Gasteiger partial charge in [-0.25, -0.2) is 0 Å². The van der Waals surface area contributed by atoms with Gasteiger partial charge in [0.15, 0.2) is 0 Å². The zero-order valence-corrected chi connectivity index (χ0v) is 7.94. The molecule has 1 aromatic heterocycles. The number of hydrogen-bond donors (Lipinski definition) is 1. The fourth-order valence-corrected chi connectivity index (χ4v) is 2.62. The van der Waals surface area contributed by atoms with Gasteiger partial charge in [-0.15, -0.1) is 0 Å². The largest absolute Gasteiger partial charge is 0.316 e. The Labute approximate surface area is 82.0 Å². The standard InChI is InChI=1S/C10H13N3O/c14-10-5-12-4-9-8-1-7(2-11-3-8)6-13(9)10/h4-5,7-8,11H,1-3,6H2/t7-,8+/m0/s1. The van der Waals surface area contributed by atoms with Crippen LogP contribution >= 0.6 is 0 Å². The van der Waals surface area contributed by atoms with Crippen molar-refractivity contribution >= 4 is 0 Å². The Hall–Kier alpha value is -1.16. The van der Waals surface area contributed by atoms with Crippen molar-refractivity contribution in [2.45, 2.75) is 18.9 Å². The smallest absolute Gasteiger partial charge is 0.269 e. The average molecular weight is 191 g/mol. The molecule has 2 bridgehead atoms. The average Bonchev–Trinajstić information content (AvgIpc) is 2.20. The van der Waals surface area contributed by atoms with Crippen LogP contribution in [-0.4, -0.2) is 22.6 Å². The minimum atomic E-state index is 0.0547. The summed E-state index contributed by atoms with van der Waals surface area (Å²) in [6.45, 7) is 2.90. The van der Waals surface area contributed by atoms with Crippen LogP contribution in [0.4, 0.5) is 0 Å². The molecular weight excluding hydrogens is 178 g/mol. The van der Waals surface area contributed by atoms with Crippen molar-refractivity contribution in [1.82, 2.24) is 14.9 Å². The lowest BCUT2D eigenvalue weighted by atomic mass is 9.85. The summed E-state index contributed by atoms with van der Waals surface area (Å²) in [5.74, 6) is 1.12. The number of nitrogens with one attached hydrogen (secondary N) is 1. The van der Waals surface area contributed by atoms with E-state index in [4.69, 9.17) is 0 Å². The number of nitrogens with zero attached hydrogens (tertiary/aromatic N) is 2. The number of piperidine rings is 1. The van der Waals surface area contributed by atoms with Crippen LogP contribution in [0, 0.1) is 5.92 Å². The molecule has 2 aliphatic heterocycles.